The van der Waals surface area contributed by atoms with E-state index in [-0.39, 0.29) is 5.91 Å². The van der Waals surface area contributed by atoms with E-state index in [1.165, 1.54) is 5.56 Å². The third-order valence-electron chi connectivity index (χ3n) is 3.70. The standard InChI is InChI=1S/C16H23N5O/c1-12-15(13(2)21(3)20-12)11-18-8-6-16(22)19-10-14-5-4-7-17-9-14/h4-5,7,9,18H,6,8,10-11H2,1-3H3,(H,19,22). The molecule has 118 valence electrons. The Morgan fingerprint density at radius 1 is 1.32 bits per heavy atom. The number of aryl methyl sites for hydroxylation is 2. The molecule has 0 fully saturated rings. The van der Waals surface area contributed by atoms with Gasteiger partial charge in [0.25, 0.3) is 0 Å². The van der Waals surface area contributed by atoms with E-state index >= 15 is 0 Å². The van der Waals surface area contributed by atoms with Gasteiger partial charge in [-0.05, 0) is 25.5 Å². The fraction of sp³-hybridized carbons (Fsp3) is 0.438. The Kier molecular flexibility index (Phi) is 5.66. The summed E-state index contributed by atoms with van der Waals surface area (Å²) < 4.78 is 1.88. The maximum atomic E-state index is 11.8. The molecule has 0 saturated heterocycles. The highest BCUT2D eigenvalue weighted by atomic mass is 16.1. The van der Waals surface area contributed by atoms with Crippen LogP contribution in [0.4, 0.5) is 0 Å². The zero-order valence-corrected chi connectivity index (χ0v) is 13.4. The van der Waals surface area contributed by atoms with Crippen molar-refractivity contribution in [2.75, 3.05) is 6.54 Å². The molecular formula is C16H23N5O. The maximum absolute atomic E-state index is 11.8. The van der Waals surface area contributed by atoms with Crippen LogP contribution in [0.2, 0.25) is 0 Å². The van der Waals surface area contributed by atoms with Crippen LogP contribution in [0, 0.1) is 13.8 Å². The summed E-state index contributed by atoms with van der Waals surface area (Å²) in [4.78, 5) is 15.8. The summed E-state index contributed by atoms with van der Waals surface area (Å²) in [5.74, 6) is 0.0379. The van der Waals surface area contributed by atoms with Crippen LogP contribution in [0.25, 0.3) is 0 Å². The summed E-state index contributed by atoms with van der Waals surface area (Å²) in [6.45, 7) is 5.96. The fourth-order valence-electron chi connectivity index (χ4n) is 2.28. The van der Waals surface area contributed by atoms with Gasteiger partial charge in [0, 0.05) is 56.8 Å². The van der Waals surface area contributed by atoms with Gasteiger partial charge in [-0.3, -0.25) is 14.5 Å². The quantitative estimate of drug-likeness (QED) is 0.755. The molecule has 1 amide bonds. The first-order valence-corrected chi connectivity index (χ1v) is 7.43. The van der Waals surface area contributed by atoms with Crippen molar-refractivity contribution >= 4 is 5.91 Å². The van der Waals surface area contributed by atoms with Gasteiger partial charge in [-0.25, -0.2) is 0 Å². The van der Waals surface area contributed by atoms with Crippen LogP contribution in [-0.4, -0.2) is 27.2 Å². The molecule has 22 heavy (non-hydrogen) atoms. The third kappa shape index (κ3) is 4.39. The van der Waals surface area contributed by atoms with E-state index in [1.54, 1.807) is 12.4 Å². The van der Waals surface area contributed by atoms with Crippen LogP contribution < -0.4 is 10.6 Å². The van der Waals surface area contributed by atoms with Gasteiger partial charge in [0.15, 0.2) is 0 Å². The summed E-state index contributed by atoms with van der Waals surface area (Å²) in [5.41, 5.74) is 4.41. The second kappa shape index (κ2) is 7.70. The highest BCUT2D eigenvalue weighted by molar-refractivity contribution is 5.76. The van der Waals surface area contributed by atoms with Crippen molar-refractivity contribution in [1.29, 1.82) is 0 Å². The van der Waals surface area contributed by atoms with Gasteiger partial charge in [-0.15, -0.1) is 0 Å². The Morgan fingerprint density at radius 2 is 2.14 bits per heavy atom. The van der Waals surface area contributed by atoms with E-state index < -0.39 is 0 Å². The zero-order chi connectivity index (χ0) is 15.9. The first-order valence-electron chi connectivity index (χ1n) is 7.43. The Balaban J connectivity index is 1.67. The predicted octanol–water partition coefficient (Wildman–Crippen LogP) is 1.23. The van der Waals surface area contributed by atoms with E-state index in [4.69, 9.17) is 0 Å². The number of nitrogens with one attached hydrogen (secondary N) is 2. The van der Waals surface area contributed by atoms with Crippen LogP contribution in [0.15, 0.2) is 24.5 Å². The highest BCUT2D eigenvalue weighted by Gasteiger charge is 2.08. The maximum Gasteiger partial charge on any atom is 0.221 e. The molecule has 6 heteroatoms. The monoisotopic (exact) mass is 301 g/mol. The number of aromatic nitrogens is 3. The van der Waals surface area contributed by atoms with E-state index in [0.29, 0.717) is 19.5 Å². The molecule has 0 unspecified atom stereocenters. The molecule has 0 spiro atoms. The lowest BCUT2D eigenvalue weighted by Crippen LogP contribution is -2.27. The molecule has 2 heterocycles. The first-order chi connectivity index (χ1) is 10.6. The SMILES string of the molecule is Cc1nn(C)c(C)c1CNCCC(=O)NCc1cccnc1. The van der Waals surface area contributed by atoms with Gasteiger partial charge in [-0.1, -0.05) is 6.07 Å². The van der Waals surface area contributed by atoms with Crippen LogP contribution >= 0.6 is 0 Å². The Morgan fingerprint density at radius 3 is 2.77 bits per heavy atom. The van der Waals surface area contributed by atoms with E-state index in [0.717, 1.165) is 23.5 Å². The third-order valence-corrected chi connectivity index (χ3v) is 3.70. The lowest BCUT2D eigenvalue weighted by atomic mass is 10.2. The largest absolute Gasteiger partial charge is 0.352 e. The Labute approximate surface area is 130 Å². The minimum absolute atomic E-state index is 0.0379. The molecule has 0 atom stereocenters. The van der Waals surface area contributed by atoms with Crippen molar-refractivity contribution < 1.29 is 4.79 Å². The molecule has 0 aliphatic heterocycles. The van der Waals surface area contributed by atoms with Crippen molar-refractivity contribution in [3.63, 3.8) is 0 Å². The van der Waals surface area contributed by atoms with Crippen molar-refractivity contribution in [2.24, 2.45) is 7.05 Å². The predicted molar refractivity (Wildman–Crippen MR) is 85.1 cm³/mol. The van der Waals surface area contributed by atoms with Gasteiger partial charge in [0.2, 0.25) is 5.91 Å². The molecule has 0 aliphatic rings. The number of amides is 1. The second-order valence-corrected chi connectivity index (χ2v) is 5.34. The van der Waals surface area contributed by atoms with Crippen LogP contribution in [0.3, 0.4) is 0 Å². The smallest absolute Gasteiger partial charge is 0.221 e. The summed E-state index contributed by atoms with van der Waals surface area (Å²) >= 11 is 0. The number of hydrogen-bond acceptors (Lipinski definition) is 4. The van der Waals surface area contributed by atoms with E-state index in [2.05, 4.69) is 27.6 Å². The molecule has 0 bridgehead atoms. The minimum atomic E-state index is 0.0379. The number of carbonyl (C=O) groups excluding carboxylic acids is 1. The number of pyridine rings is 1. The number of carbonyl (C=O) groups is 1. The molecule has 2 N–H and O–H groups in total. The molecule has 2 aromatic rings. The van der Waals surface area contributed by atoms with E-state index in [1.807, 2.05) is 30.8 Å². The van der Waals surface area contributed by atoms with Gasteiger partial charge in [0.1, 0.15) is 0 Å². The van der Waals surface area contributed by atoms with Crippen molar-refractivity contribution in [1.82, 2.24) is 25.4 Å². The normalized spacial score (nSPS) is 10.7. The molecule has 0 aromatic carbocycles. The van der Waals surface area contributed by atoms with Gasteiger partial charge >= 0.3 is 0 Å². The zero-order valence-electron chi connectivity index (χ0n) is 13.4. The Bertz CT molecular complexity index is 621. The first kappa shape index (κ1) is 16.2. The topological polar surface area (TPSA) is 71.8 Å². The van der Waals surface area contributed by atoms with Crippen LogP contribution in [-0.2, 0) is 24.9 Å². The molecule has 0 radical (unpaired) electrons. The minimum Gasteiger partial charge on any atom is -0.352 e. The average Bonchev–Trinajstić information content (AvgIpc) is 2.76. The Hall–Kier alpha value is -2.21. The van der Waals surface area contributed by atoms with E-state index in [9.17, 15) is 4.79 Å². The molecule has 0 saturated carbocycles. The molecular weight excluding hydrogens is 278 g/mol. The molecule has 2 aromatic heterocycles. The fourth-order valence-corrected chi connectivity index (χ4v) is 2.28. The van der Waals surface area contributed by atoms with Crippen molar-refractivity contribution in [2.45, 2.75) is 33.4 Å². The van der Waals surface area contributed by atoms with Gasteiger partial charge < -0.3 is 10.6 Å². The number of rotatable bonds is 7. The lowest BCUT2D eigenvalue weighted by molar-refractivity contribution is -0.121. The highest BCUT2D eigenvalue weighted by Crippen LogP contribution is 2.10. The van der Waals surface area contributed by atoms with Crippen molar-refractivity contribution in [3.05, 3.63) is 47.0 Å². The number of hydrogen-bond donors (Lipinski definition) is 2. The molecule has 6 nitrogen and oxygen atoms in total. The molecule has 2 rings (SSSR count). The molecule has 0 aliphatic carbocycles. The second-order valence-electron chi connectivity index (χ2n) is 5.34. The van der Waals surface area contributed by atoms with Crippen LogP contribution in [0.5, 0.6) is 0 Å². The number of nitrogens with zero attached hydrogens (tertiary/aromatic N) is 3. The summed E-state index contributed by atoms with van der Waals surface area (Å²) in [6.07, 6.45) is 3.93. The van der Waals surface area contributed by atoms with Gasteiger partial charge in [-0.2, -0.15) is 5.10 Å². The van der Waals surface area contributed by atoms with Crippen LogP contribution in [0.1, 0.15) is 28.9 Å². The lowest BCUT2D eigenvalue weighted by Gasteiger charge is -2.07. The van der Waals surface area contributed by atoms with Gasteiger partial charge in [0.05, 0.1) is 5.69 Å². The van der Waals surface area contributed by atoms with Crippen molar-refractivity contribution in [3.8, 4) is 0 Å². The summed E-state index contributed by atoms with van der Waals surface area (Å²) in [6, 6.07) is 3.81. The average molecular weight is 301 g/mol. The summed E-state index contributed by atoms with van der Waals surface area (Å²) in [5, 5.41) is 10.6. The summed E-state index contributed by atoms with van der Waals surface area (Å²) in [7, 11) is 1.94.